The monoisotopic (exact) mass is 347 g/mol. The van der Waals surface area contributed by atoms with Crippen molar-refractivity contribution < 1.29 is 9.53 Å². The predicted molar refractivity (Wildman–Crippen MR) is 89.2 cm³/mol. The van der Waals surface area contributed by atoms with Crippen molar-refractivity contribution in [1.29, 1.82) is 0 Å². The molecule has 21 heavy (non-hydrogen) atoms. The second kappa shape index (κ2) is 8.89. The maximum absolute atomic E-state index is 11.7. The number of carbonyl (C=O) groups excluding carboxylic acids is 1. The smallest absolute Gasteiger partial charge is 0.220 e. The van der Waals surface area contributed by atoms with Crippen LogP contribution >= 0.6 is 35.0 Å². The molecule has 1 aliphatic heterocycles. The van der Waals surface area contributed by atoms with E-state index in [1.54, 1.807) is 17.8 Å². The molecule has 3 nitrogen and oxygen atoms in total. The average Bonchev–Trinajstić information content (AvgIpc) is 2.98. The summed E-state index contributed by atoms with van der Waals surface area (Å²) in [4.78, 5) is 11.7. The molecule has 6 heteroatoms. The van der Waals surface area contributed by atoms with Gasteiger partial charge in [0.25, 0.3) is 0 Å². The molecule has 1 aliphatic rings. The standard InChI is InChI=1S/C15H19Cl2NO2S/c16-13-4-3-11(8-14(13)17)10-21-7-5-15(19)18-9-12-2-1-6-20-12/h3-4,8,12H,1-2,5-7,9-10H2,(H,18,19)/t12-/m0/s1. The third-order valence-electron chi connectivity index (χ3n) is 3.28. The van der Waals surface area contributed by atoms with E-state index >= 15 is 0 Å². The van der Waals surface area contributed by atoms with Gasteiger partial charge in [-0.2, -0.15) is 11.8 Å². The summed E-state index contributed by atoms with van der Waals surface area (Å²) in [7, 11) is 0. The lowest BCUT2D eigenvalue weighted by Crippen LogP contribution is -2.31. The highest BCUT2D eigenvalue weighted by Crippen LogP contribution is 2.24. The zero-order valence-corrected chi connectivity index (χ0v) is 14.1. The summed E-state index contributed by atoms with van der Waals surface area (Å²) in [6, 6.07) is 5.63. The first kappa shape index (κ1) is 16.9. The summed E-state index contributed by atoms with van der Waals surface area (Å²) >= 11 is 13.5. The molecule has 116 valence electrons. The minimum absolute atomic E-state index is 0.0899. The van der Waals surface area contributed by atoms with E-state index in [9.17, 15) is 4.79 Å². The molecule has 1 aromatic rings. The van der Waals surface area contributed by atoms with E-state index in [-0.39, 0.29) is 12.0 Å². The molecule has 1 atom stereocenters. The molecule has 1 fully saturated rings. The molecule has 1 N–H and O–H groups in total. The Hall–Kier alpha value is -0.420. The van der Waals surface area contributed by atoms with Crippen molar-refractivity contribution in [2.45, 2.75) is 31.1 Å². The lowest BCUT2D eigenvalue weighted by atomic mass is 10.2. The van der Waals surface area contributed by atoms with E-state index in [0.29, 0.717) is 23.0 Å². The molecule has 0 spiro atoms. The van der Waals surface area contributed by atoms with Gasteiger partial charge >= 0.3 is 0 Å². The number of carbonyl (C=O) groups is 1. The second-order valence-corrected chi connectivity index (χ2v) is 6.91. The van der Waals surface area contributed by atoms with Crippen molar-refractivity contribution in [3.05, 3.63) is 33.8 Å². The van der Waals surface area contributed by atoms with Crippen LogP contribution < -0.4 is 5.32 Å². The minimum atomic E-state index is 0.0899. The van der Waals surface area contributed by atoms with Crippen LogP contribution in [0, 0.1) is 0 Å². The number of thioether (sulfide) groups is 1. The SMILES string of the molecule is O=C(CCSCc1ccc(Cl)c(Cl)c1)NC[C@@H]1CCCO1. The molecule has 0 saturated carbocycles. The Labute approximate surface area is 139 Å². The fourth-order valence-corrected chi connectivity index (χ4v) is 3.32. The van der Waals surface area contributed by atoms with Crippen LogP contribution in [0.5, 0.6) is 0 Å². The first-order valence-electron chi connectivity index (χ1n) is 7.05. The number of halogens is 2. The molecule has 1 aromatic carbocycles. The van der Waals surface area contributed by atoms with E-state index < -0.39 is 0 Å². The van der Waals surface area contributed by atoms with Gasteiger partial charge in [-0.3, -0.25) is 4.79 Å². The molecule has 0 bridgehead atoms. The maximum Gasteiger partial charge on any atom is 0.220 e. The highest BCUT2D eigenvalue weighted by atomic mass is 35.5. The lowest BCUT2D eigenvalue weighted by molar-refractivity contribution is -0.121. The van der Waals surface area contributed by atoms with Crippen molar-refractivity contribution in [3.8, 4) is 0 Å². The zero-order valence-electron chi connectivity index (χ0n) is 11.7. The summed E-state index contributed by atoms with van der Waals surface area (Å²) in [5.41, 5.74) is 1.12. The van der Waals surface area contributed by atoms with Crippen molar-refractivity contribution in [3.63, 3.8) is 0 Å². The summed E-state index contributed by atoms with van der Waals surface area (Å²) in [6.07, 6.45) is 2.88. The Morgan fingerprint density at radius 2 is 2.24 bits per heavy atom. The Morgan fingerprint density at radius 3 is 2.95 bits per heavy atom. The van der Waals surface area contributed by atoms with Crippen LogP contribution in [-0.4, -0.2) is 30.9 Å². The lowest BCUT2D eigenvalue weighted by Gasteiger charge is -2.10. The van der Waals surface area contributed by atoms with Gasteiger partial charge < -0.3 is 10.1 Å². The van der Waals surface area contributed by atoms with Crippen molar-refractivity contribution in [2.75, 3.05) is 18.9 Å². The number of rotatable bonds is 7. The van der Waals surface area contributed by atoms with Crippen molar-refractivity contribution >= 4 is 40.9 Å². The Balaban J connectivity index is 1.58. The van der Waals surface area contributed by atoms with Gasteiger partial charge in [0.15, 0.2) is 0 Å². The molecule has 0 aliphatic carbocycles. The van der Waals surface area contributed by atoms with Crippen LogP contribution in [0.4, 0.5) is 0 Å². The fourth-order valence-electron chi connectivity index (χ4n) is 2.11. The number of ether oxygens (including phenoxy) is 1. The van der Waals surface area contributed by atoms with Crippen LogP contribution in [0.3, 0.4) is 0 Å². The maximum atomic E-state index is 11.7. The molecule has 1 amide bonds. The normalized spacial score (nSPS) is 17.9. The van der Waals surface area contributed by atoms with Gasteiger partial charge in [-0.15, -0.1) is 0 Å². The molecular formula is C15H19Cl2NO2S. The number of hydrogen-bond acceptors (Lipinski definition) is 3. The van der Waals surface area contributed by atoms with Crippen molar-refractivity contribution in [2.24, 2.45) is 0 Å². The number of nitrogens with one attached hydrogen (secondary N) is 1. The average molecular weight is 348 g/mol. The largest absolute Gasteiger partial charge is 0.376 e. The van der Waals surface area contributed by atoms with Gasteiger partial charge in [0.1, 0.15) is 0 Å². The summed E-state index contributed by atoms with van der Waals surface area (Å²) in [5, 5.41) is 4.07. The van der Waals surface area contributed by atoms with Gasteiger partial charge in [0, 0.05) is 31.1 Å². The summed E-state index contributed by atoms with van der Waals surface area (Å²) in [6.45, 7) is 1.45. The predicted octanol–water partition coefficient (Wildman–Crippen LogP) is 3.91. The van der Waals surface area contributed by atoms with E-state index in [2.05, 4.69) is 5.32 Å². The van der Waals surface area contributed by atoms with Gasteiger partial charge in [0.05, 0.1) is 16.1 Å². The highest BCUT2D eigenvalue weighted by molar-refractivity contribution is 7.98. The van der Waals surface area contributed by atoms with Gasteiger partial charge in [-0.25, -0.2) is 0 Å². The molecule has 0 radical (unpaired) electrons. The van der Waals surface area contributed by atoms with Crippen LogP contribution in [0.15, 0.2) is 18.2 Å². The quantitative estimate of drug-likeness (QED) is 0.760. The van der Waals surface area contributed by atoms with Crippen LogP contribution in [0.2, 0.25) is 10.0 Å². The van der Waals surface area contributed by atoms with Crippen molar-refractivity contribution in [1.82, 2.24) is 5.32 Å². The Bertz CT molecular complexity index is 479. The summed E-state index contributed by atoms with van der Waals surface area (Å²) < 4.78 is 5.46. The van der Waals surface area contributed by atoms with E-state index in [4.69, 9.17) is 27.9 Å². The highest BCUT2D eigenvalue weighted by Gasteiger charge is 2.15. The second-order valence-electron chi connectivity index (χ2n) is 4.99. The first-order chi connectivity index (χ1) is 10.1. The van der Waals surface area contributed by atoms with Crippen LogP contribution in [0.25, 0.3) is 0 Å². The minimum Gasteiger partial charge on any atom is -0.376 e. The molecular weight excluding hydrogens is 329 g/mol. The third kappa shape index (κ3) is 6.07. The number of benzene rings is 1. The fraction of sp³-hybridized carbons (Fsp3) is 0.533. The molecule has 0 aromatic heterocycles. The van der Waals surface area contributed by atoms with Gasteiger partial charge in [0.2, 0.25) is 5.91 Å². The van der Waals surface area contributed by atoms with Gasteiger partial charge in [-0.05, 0) is 30.5 Å². The van der Waals surface area contributed by atoms with Crippen LogP contribution in [0.1, 0.15) is 24.8 Å². The van der Waals surface area contributed by atoms with Gasteiger partial charge in [-0.1, -0.05) is 29.3 Å². The van der Waals surface area contributed by atoms with E-state index in [0.717, 1.165) is 36.5 Å². The van der Waals surface area contributed by atoms with E-state index in [1.165, 1.54) is 0 Å². The van der Waals surface area contributed by atoms with E-state index in [1.807, 2.05) is 12.1 Å². The Kier molecular flexibility index (Phi) is 7.17. The number of amides is 1. The zero-order chi connectivity index (χ0) is 15.1. The van der Waals surface area contributed by atoms with Crippen LogP contribution in [-0.2, 0) is 15.3 Å². The molecule has 0 unspecified atom stereocenters. The molecule has 1 heterocycles. The summed E-state index contributed by atoms with van der Waals surface area (Å²) in [5.74, 6) is 1.71. The molecule has 1 saturated heterocycles. The first-order valence-corrected chi connectivity index (χ1v) is 8.96. The number of hydrogen-bond donors (Lipinski definition) is 1. The third-order valence-corrected chi connectivity index (χ3v) is 5.05. The molecule has 2 rings (SSSR count). The topological polar surface area (TPSA) is 38.3 Å². The Morgan fingerprint density at radius 1 is 1.38 bits per heavy atom.